The van der Waals surface area contributed by atoms with Crippen molar-refractivity contribution < 1.29 is 0 Å². The lowest BCUT2D eigenvalue weighted by Gasteiger charge is -2.16. The molecule has 0 N–H and O–H groups in total. The van der Waals surface area contributed by atoms with Crippen LogP contribution >= 0.6 is 0 Å². The van der Waals surface area contributed by atoms with Crippen LogP contribution in [0.25, 0.3) is 122 Å². The Labute approximate surface area is 345 Å². The van der Waals surface area contributed by atoms with E-state index in [1.54, 1.807) is 0 Å². The molecule has 278 valence electrons. The first kappa shape index (κ1) is 32.9. The van der Waals surface area contributed by atoms with E-state index in [0.29, 0.717) is 0 Å². The van der Waals surface area contributed by atoms with E-state index in [0.717, 1.165) is 61.4 Å². The van der Waals surface area contributed by atoms with E-state index in [9.17, 15) is 0 Å². The molecule has 0 spiro atoms. The summed E-state index contributed by atoms with van der Waals surface area (Å²) in [4.78, 5) is 11.2. The molecule has 0 fully saturated rings. The Morgan fingerprint density at radius 2 is 0.867 bits per heavy atom. The highest BCUT2D eigenvalue weighted by Crippen LogP contribution is 2.52. The number of aromatic nitrogens is 4. The number of hydrogen-bond donors (Lipinski definition) is 0. The molecule has 0 saturated carbocycles. The van der Waals surface area contributed by atoms with Crippen LogP contribution in [0.1, 0.15) is 0 Å². The summed E-state index contributed by atoms with van der Waals surface area (Å²) in [6, 6.07) is 74.3. The van der Waals surface area contributed by atoms with Gasteiger partial charge in [-0.25, -0.2) is 9.97 Å². The summed E-state index contributed by atoms with van der Waals surface area (Å²) in [6.07, 6.45) is 0. The summed E-state index contributed by atoms with van der Waals surface area (Å²) < 4.78 is 4.89. The number of nitrogens with zero attached hydrogens (tertiary/aromatic N) is 4. The molecular formula is C56H34N4. The maximum atomic E-state index is 5.61. The Kier molecular flexibility index (Phi) is 6.98. The first-order valence-corrected chi connectivity index (χ1v) is 20.5. The normalized spacial score (nSPS) is 12.0. The highest BCUT2D eigenvalue weighted by molar-refractivity contribution is 6.28. The van der Waals surface area contributed by atoms with Crippen LogP contribution < -0.4 is 0 Å². The van der Waals surface area contributed by atoms with Gasteiger partial charge in [0, 0.05) is 38.2 Å². The van der Waals surface area contributed by atoms with Crippen LogP contribution in [0, 0.1) is 0 Å². The SMILES string of the molecule is c1ccc(-c2cc(-c3ccccc3)cc(-c3nc4ccccc4nc3-n3c4ccccc4c4c5c6c(cc43)c3ccccc3n6-c3ccccc3-c3ccccc3-5)c2)cc1. The van der Waals surface area contributed by atoms with Gasteiger partial charge in [-0.1, -0.05) is 152 Å². The van der Waals surface area contributed by atoms with E-state index in [-0.39, 0.29) is 0 Å². The summed E-state index contributed by atoms with van der Waals surface area (Å²) in [6.45, 7) is 0. The minimum Gasteiger partial charge on any atom is -0.308 e. The molecule has 12 aromatic rings. The summed E-state index contributed by atoms with van der Waals surface area (Å²) >= 11 is 0. The first-order valence-electron chi connectivity index (χ1n) is 20.5. The molecule has 13 rings (SSSR count). The molecule has 60 heavy (non-hydrogen) atoms. The van der Waals surface area contributed by atoms with Gasteiger partial charge in [-0.05, 0) is 88.0 Å². The number of para-hydroxylation sites is 5. The average molecular weight is 763 g/mol. The standard InChI is InChI=1S/C56H34N4/c1-3-17-35(18-4-1)37-31-38(36-19-5-2-6-20-36)33-39(32-37)54-56(58-47-27-13-12-26-46(47)57-54)60-50-30-16-11-25-44(50)52-51(60)34-45-42-23-10-15-29-49(42)59-48-28-14-9-22-41(48)40-21-7-8-24-43(40)53(52)55(45)59/h1-34H. The maximum absolute atomic E-state index is 5.61. The van der Waals surface area contributed by atoms with E-state index in [1.165, 1.54) is 60.5 Å². The maximum Gasteiger partial charge on any atom is 0.165 e. The summed E-state index contributed by atoms with van der Waals surface area (Å²) in [5.74, 6) is 0.796. The first-order chi connectivity index (χ1) is 29.8. The fourth-order valence-electron chi connectivity index (χ4n) is 9.84. The van der Waals surface area contributed by atoms with Crippen LogP contribution in [-0.4, -0.2) is 19.1 Å². The number of rotatable bonds is 4. The second-order valence-electron chi connectivity index (χ2n) is 15.7. The monoisotopic (exact) mass is 762 g/mol. The Morgan fingerprint density at radius 3 is 1.58 bits per heavy atom. The molecule has 0 saturated heterocycles. The Balaban J connectivity index is 1.21. The number of hydrogen-bond acceptors (Lipinski definition) is 2. The van der Waals surface area contributed by atoms with Gasteiger partial charge in [-0.3, -0.25) is 4.57 Å². The summed E-state index contributed by atoms with van der Waals surface area (Å²) in [7, 11) is 0. The van der Waals surface area contributed by atoms with Gasteiger partial charge in [0.05, 0.1) is 38.8 Å². The number of fused-ring (bicyclic) bond motifs is 13. The minimum atomic E-state index is 0.796. The van der Waals surface area contributed by atoms with E-state index in [2.05, 4.69) is 209 Å². The second-order valence-corrected chi connectivity index (χ2v) is 15.7. The minimum absolute atomic E-state index is 0.796. The van der Waals surface area contributed by atoms with Crippen molar-refractivity contribution in [1.82, 2.24) is 19.1 Å². The van der Waals surface area contributed by atoms with Gasteiger partial charge in [0.2, 0.25) is 0 Å². The van der Waals surface area contributed by atoms with Crippen LogP contribution in [0.2, 0.25) is 0 Å². The molecule has 9 aromatic carbocycles. The Bertz CT molecular complexity index is 3650. The molecule has 4 heteroatoms. The summed E-state index contributed by atoms with van der Waals surface area (Å²) in [5, 5.41) is 4.79. The van der Waals surface area contributed by atoms with Crippen LogP contribution in [-0.2, 0) is 0 Å². The molecule has 0 aliphatic carbocycles. The van der Waals surface area contributed by atoms with Crippen molar-refractivity contribution in [3.05, 3.63) is 206 Å². The van der Waals surface area contributed by atoms with Crippen LogP contribution in [0.4, 0.5) is 0 Å². The van der Waals surface area contributed by atoms with Gasteiger partial charge in [0.25, 0.3) is 0 Å². The molecule has 0 unspecified atom stereocenters. The zero-order valence-electron chi connectivity index (χ0n) is 32.4. The van der Waals surface area contributed by atoms with Gasteiger partial charge in [-0.15, -0.1) is 0 Å². The largest absolute Gasteiger partial charge is 0.308 e. The van der Waals surface area contributed by atoms with E-state index < -0.39 is 0 Å². The molecule has 0 amide bonds. The van der Waals surface area contributed by atoms with Gasteiger partial charge in [0.15, 0.2) is 5.82 Å². The molecule has 3 aromatic heterocycles. The quantitative estimate of drug-likeness (QED) is 0.179. The van der Waals surface area contributed by atoms with Crippen LogP contribution in [0.15, 0.2) is 206 Å². The predicted octanol–water partition coefficient (Wildman–Crippen LogP) is 14.5. The predicted molar refractivity (Wildman–Crippen MR) is 249 cm³/mol. The zero-order chi connectivity index (χ0) is 39.3. The van der Waals surface area contributed by atoms with Gasteiger partial charge >= 0.3 is 0 Å². The topological polar surface area (TPSA) is 35.6 Å². The molecule has 0 atom stereocenters. The van der Waals surface area contributed by atoms with E-state index in [1.807, 2.05) is 6.07 Å². The Morgan fingerprint density at radius 1 is 0.333 bits per heavy atom. The third-order valence-corrected chi connectivity index (χ3v) is 12.4. The van der Waals surface area contributed by atoms with Crippen molar-refractivity contribution in [3.63, 3.8) is 0 Å². The molecule has 0 radical (unpaired) electrons. The zero-order valence-corrected chi connectivity index (χ0v) is 32.4. The van der Waals surface area contributed by atoms with Crippen molar-refractivity contribution >= 4 is 54.6 Å². The third-order valence-electron chi connectivity index (χ3n) is 12.4. The molecular weight excluding hydrogens is 729 g/mol. The third kappa shape index (κ3) is 4.73. The van der Waals surface area contributed by atoms with Crippen molar-refractivity contribution in [2.45, 2.75) is 0 Å². The lowest BCUT2D eigenvalue weighted by molar-refractivity contribution is 1.08. The van der Waals surface area contributed by atoms with Crippen molar-refractivity contribution in [2.24, 2.45) is 0 Å². The lowest BCUT2D eigenvalue weighted by atomic mass is 9.91. The van der Waals surface area contributed by atoms with Crippen molar-refractivity contribution in [3.8, 4) is 67.3 Å². The highest BCUT2D eigenvalue weighted by Gasteiger charge is 2.30. The van der Waals surface area contributed by atoms with Gasteiger partial charge in [-0.2, -0.15) is 0 Å². The fourth-order valence-corrected chi connectivity index (χ4v) is 9.84. The molecule has 4 nitrogen and oxygen atoms in total. The second kappa shape index (κ2) is 12.7. The molecule has 1 aliphatic rings. The molecule has 0 bridgehead atoms. The lowest BCUT2D eigenvalue weighted by Crippen LogP contribution is -2.04. The number of benzene rings is 9. The van der Waals surface area contributed by atoms with Gasteiger partial charge in [0.1, 0.15) is 5.69 Å². The van der Waals surface area contributed by atoms with Crippen molar-refractivity contribution in [1.29, 1.82) is 0 Å². The van der Waals surface area contributed by atoms with Gasteiger partial charge < -0.3 is 4.57 Å². The summed E-state index contributed by atoms with van der Waals surface area (Å²) in [5.41, 5.74) is 18.8. The smallest absolute Gasteiger partial charge is 0.165 e. The van der Waals surface area contributed by atoms with E-state index in [4.69, 9.17) is 9.97 Å². The van der Waals surface area contributed by atoms with Crippen molar-refractivity contribution in [2.75, 3.05) is 0 Å². The fraction of sp³-hybridized carbons (Fsp3) is 0. The molecule has 4 heterocycles. The molecule has 1 aliphatic heterocycles. The van der Waals surface area contributed by atoms with Crippen LogP contribution in [0.3, 0.4) is 0 Å². The highest BCUT2D eigenvalue weighted by atomic mass is 15.1. The Hall–Kier alpha value is -8.08. The average Bonchev–Trinajstić information content (AvgIpc) is 3.79. The van der Waals surface area contributed by atoms with Crippen LogP contribution in [0.5, 0.6) is 0 Å². The van der Waals surface area contributed by atoms with E-state index >= 15 is 0 Å².